The zero-order valence-electron chi connectivity index (χ0n) is 18.4. The molecule has 35 heavy (non-hydrogen) atoms. The third kappa shape index (κ3) is 5.27. The normalized spacial score (nSPS) is 13.3. The molecule has 0 saturated carbocycles. The third-order valence-corrected chi connectivity index (χ3v) is 5.55. The van der Waals surface area contributed by atoms with E-state index < -0.39 is 28.9 Å². The van der Waals surface area contributed by atoms with Crippen molar-refractivity contribution in [2.24, 2.45) is 0 Å². The molecule has 0 aliphatic carbocycles. The molecule has 10 nitrogen and oxygen atoms in total. The van der Waals surface area contributed by atoms with Gasteiger partial charge in [0.1, 0.15) is 6.61 Å². The van der Waals surface area contributed by atoms with Gasteiger partial charge in [-0.1, -0.05) is 48.5 Å². The number of amides is 3. The van der Waals surface area contributed by atoms with Crippen LogP contribution in [0.3, 0.4) is 0 Å². The van der Waals surface area contributed by atoms with Gasteiger partial charge in [-0.2, -0.15) is 0 Å². The lowest BCUT2D eigenvalue weighted by Crippen LogP contribution is -2.46. The fourth-order valence-corrected chi connectivity index (χ4v) is 3.93. The quantitative estimate of drug-likeness (QED) is 0.274. The summed E-state index contributed by atoms with van der Waals surface area (Å²) in [5.41, 5.74) is 1.65. The Morgan fingerprint density at radius 1 is 0.971 bits per heavy atom. The number of carboxylic acid groups (broad SMARTS) is 1. The van der Waals surface area contributed by atoms with Crippen LogP contribution in [0, 0.1) is 10.1 Å². The maximum atomic E-state index is 12.7. The minimum Gasteiger partial charge on any atom is -0.482 e. The Labute approximate surface area is 199 Å². The number of nitro groups is 1. The largest absolute Gasteiger partial charge is 0.482 e. The summed E-state index contributed by atoms with van der Waals surface area (Å²) in [6, 6.07) is 18.9. The number of nitrogens with one attached hydrogen (secondary N) is 1. The molecule has 0 saturated heterocycles. The van der Waals surface area contributed by atoms with E-state index in [0.29, 0.717) is 5.56 Å². The van der Waals surface area contributed by atoms with Crippen molar-refractivity contribution in [1.29, 1.82) is 0 Å². The molecule has 2 N–H and O–H groups in total. The molecule has 1 atom stereocenters. The summed E-state index contributed by atoms with van der Waals surface area (Å²) in [5, 5.41) is 23.1. The summed E-state index contributed by atoms with van der Waals surface area (Å²) >= 11 is 0. The van der Waals surface area contributed by atoms with Crippen LogP contribution >= 0.6 is 0 Å². The SMILES string of the molecule is O=C(O)N[C@@H](Cc1ccc([N+](=O)[O-])c(OCc2ccccc2)c1)CN1C(=O)c2ccccc2C1=O. The summed E-state index contributed by atoms with van der Waals surface area (Å²) in [5.74, 6) is -0.970. The molecule has 0 spiro atoms. The van der Waals surface area contributed by atoms with E-state index in [9.17, 15) is 29.6 Å². The van der Waals surface area contributed by atoms with Crippen molar-refractivity contribution in [3.63, 3.8) is 0 Å². The first kappa shape index (κ1) is 23.4. The fraction of sp³-hybridized carbons (Fsp3) is 0.160. The zero-order chi connectivity index (χ0) is 24.9. The summed E-state index contributed by atoms with van der Waals surface area (Å²) in [4.78, 5) is 48.8. The van der Waals surface area contributed by atoms with Gasteiger partial charge in [-0.05, 0) is 35.7 Å². The van der Waals surface area contributed by atoms with Crippen LogP contribution in [0.5, 0.6) is 5.75 Å². The second kappa shape index (κ2) is 10.0. The number of nitrogens with zero attached hydrogens (tertiary/aromatic N) is 2. The van der Waals surface area contributed by atoms with Gasteiger partial charge in [-0.15, -0.1) is 0 Å². The first-order valence-electron chi connectivity index (χ1n) is 10.7. The molecule has 4 rings (SSSR count). The minimum atomic E-state index is -1.32. The van der Waals surface area contributed by atoms with Gasteiger partial charge < -0.3 is 15.2 Å². The van der Waals surface area contributed by atoms with Crippen molar-refractivity contribution in [3.05, 3.63) is 105 Å². The van der Waals surface area contributed by atoms with Gasteiger partial charge in [0.15, 0.2) is 5.75 Å². The number of fused-ring (bicyclic) bond motifs is 1. The number of carbonyl (C=O) groups excluding carboxylic acids is 2. The monoisotopic (exact) mass is 475 g/mol. The Morgan fingerprint density at radius 3 is 2.20 bits per heavy atom. The Morgan fingerprint density at radius 2 is 1.60 bits per heavy atom. The second-order valence-corrected chi connectivity index (χ2v) is 7.95. The molecule has 1 aliphatic heterocycles. The summed E-state index contributed by atoms with van der Waals surface area (Å²) in [6.07, 6.45) is -1.26. The predicted molar refractivity (Wildman–Crippen MR) is 124 cm³/mol. The predicted octanol–water partition coefficient (Wildman–Crippen LogP) is 3.65. The van der Waals surface area contributed by atoms with E-state index in [4.69, 9.17) is 4.74 Å². The van der Waals surface area contributed by atoms with E-state index in [1.54, 1.807) is 24.3 Å². The Balaban J connectivity index is 1.54. The number of rotatable bonds is 9. The molecule has 1 aliphatic rings. The molecule has 1 heterocycles. The first-order chi connectivity index (χ1) is 16.8. The van der Waals surface area contributed by atoms with E-state index in [0.717, 1.165) is 10.5 Å². The molecule has 0 radical (unpaired) electrons. The molecular weight excluding hydrogens is 454 g/mol. The standard InChI is InChI=1S/C25H21N3O7/c29-23-19-8-4-5-9-20(19)24(30)27(23)14-18(26-25(31)32)12-17-10-11-21(28(33)34)22(13-17)35-15-16-6-2-1-3-7-16/h1-11,13,18,26H,12,14-15H2,(H,31,32)/t18-/m0/s1. The van der Waals surface area contributed by atoms with Gasteiger partial charge in [-0.25, -0.2) is 4.79 Å². The Bertz CT molecular complexity index is 1260. The molecule has 3 aromatic carbocycles. The average molecular weight is 475 g/mol. The lowest BCUT2D eigenvalue weighted by atomic mass is 10.0. The van der Waals surface area contributed by atoms with Crippen molar-refractivity contribution in [1.82, 2.24) is 10.2 Å². The van der Waals surface area contributed by atoms with Crippen LogP contribution in [0.2, 0.25) is 0 Å². The van der Waals surface area contributed by atoms with E-state index in [1.807, 2.05) is 30.3 Å². The van der Waals surface area contributed by atoms with Crippen LogP contribution in [0.15, 0.2) is 72.8 Å². The van der Waals surface area contributed by atoms with Gasteiger partial charge >= 0.3 is 11.8 Å². The first-order valence-corrected chi connectivity index (χ1v) is 10.7. The fourth-order valence-electron chi connectivity index (χ4n) is 3.93. The smallest absolute Gasteiger partial charge is 0.404 e. The van der Waals surface area contributed by atoms with E-state index >= 15 is 0 Å². The third-order valence-electron chi connectivity index (χ3n) is 5.55. The number of imide groups is 1. The maximum absolute atomic E-state index is 12.7. The van der Waals surface area contributed by atoms with Crippen LogP contribution in [0.1, 0.15) is 31.8 Å². The van der Waals surface area contributed by atoms with Crippen molar-refractivity contribution in [2.45, 2.75) is 19.1 Å². The second-order valence-electron chi connectivity index (χ2n) is 7.95. The van der Waals surface area contributed by atoms with Crippen molar-refractivity contribution in [2.75, 3.05) is 6.54 Å². The zero-order valence-corrected chi connectivity index (χ0v) is 18.4. The highest BCUT2D eigenvalue weighted by molar-refractivity contribution is 6.21. The van der Waals surface area contributed by atoms with Crippen LogP contribution in [0.4, 0.5) is 10.5 Å². The average Bonchev–Trinajstić information content (AvgIpc) is 3.08. The maximum Gasteiger partial charge on any atom is 0.404 e. The Kier molecular flexibility index (Phi) is 6.72. The number of hydrogen-bond donors (Lipinski definition) is 2. The molecular formula is C25H21N3O7. The van der Waals surface area contributed by atoms with E-state index in [2.05, 4.69) is 5.32 Å². The van der Waals surface area contributed by atoms with Crippen LogP contribution in [0.25, 0.3) is 0 Å². The van der Waals surface area contributed by atoms with Crippen LogP contribution in [-0.4, -0.2) is 45.4 Å². The summed E-state index contributed by atoms with van der Waals surface area (Å²) in [6.45, 7) is -0.0905. The van der Waals surface area contributed by atoms with Gasteiger partial charge in [0, 0.05) is 6.07 Å². The topological polar surface area (TPSA) is 139 Å². The van der Waals surface area contributed by atoms with Gasteiger partial charge in [-0.3, -0.25) is 24.6 Å². The highest BCUT2D eigenvalue weighted by Gasteiger charge is 2.36. The summed E-state index contributed by atoms with van der Waals surface area (Å²) < 4.78 is 5.70. The number of ether oxygens (including phenoxy) is 1. The van der Waals surface area contributed by atoms with Crippen molar-refractivity contribution < 1.29 is 29.2 Å². The number of carbonyl (C=O) groups is 3. The molecule has 3 amide bonds. The molecule has 0 fully saturated rings. The lowest BCUT2D eigenvalue weighted by Gasteiger charge is -2.23. The van der Waals surface area contributed by atoms with E-state index in [-0.39, 0.29) is 42.1 Å². The molecule has 0 aromatic heterocycles. The Hall–Kier alpha value is -4.73. The number of benzene rings is 3. The lowest BCUT2D eigenvalue weighted by molar-refractivity contribution is -0.386. The number of hydrogen-bond acceptors (Lipinski definition) is 6. The summed E-state index contributed by atoms with van der Waals surface area (Å²) in [7, 11) is 0. The molecule has 178 valence electrons. The van der Waals surface area contributed by atoms with Crippen molar-refractivity contribution >= 4 is 23.6 Å². The highest BCUT2D eigenvalue weighted by Crippen LogP contribution is 2.30. The van der Waals surface area contributed by atoms with Crippen LogP contribution < -0.4 is 10.1 Å². The number of nitro benzene ring substituents is 1. The van der Waals surface area contributed by atoms with Gasteiger partial charge in [0.25, 0.3) is 11.8 Å². The van der Waals surface area contributed by atoms with E-state index in [1.165, 1.54) is 18.2 Å². The van der Waals surface area contributed by atoms with Gasteiger partial charge in [0.05, 0.1) is 28.6 Å². The van der Waals surface area contributed by atoms with Crippen LogP contribution in [-0.2, 0) is 13.0 Å². The minimum absolute atomic E-state index is 0.0335. The highest BCUT2D eigenvalue weighted by atomic mass is 16.6. The molecule has 0 bridgehead atoms. The molecule has 3 aromatic rings. The van der Waals surface area contributed by atoms with Crippen molar-refractivity contribution in [3.8, 4) is 5.75 Å². The van der Waals surface area contributed by atoms with Gasteiger partial charge in [0.2, 0.25) is 0 Å². The molecule has 0 unspecified atom stereocenters. The molecule has 10 heteroatoms.